The van der Waals surface area contributed by atoms with Crippen LogP contribution in [0.3, 0.4) is 0 Å². The highest BCUT2D eigenvalue weighted by molar-refractivity contribution is 7.99. The van der Waals surface area contributed by atoms with Crippen molar-refractivity contribution in [3.63, 3.8) is 0 Å². The summed E-state index contributed by atoms with van der Waals surface area (Å²) < 4.78 is 5.55. The molecule has 2 saturated heterocycles. The van der Waals surface area contributed by atoms with E-state index < -0.39 is 0 Å². The van der Waals surface area contributed by atoms with Gasteiger partial charge in [0.25, 0.3) is 5.91 Å². The number of thioether (sulfide) groups is 1. The molecule has 0 bridgehead atoms. The van der Waals surface area contributed by atoms with Gasteiger partial charge >= 0.3 is 0 Å². The predicted molar refractivity (Wildman–Crippen MR) is 104 cm³/mol. The average molecular weight is 380 g/mol. The van der Waals surface area contributed by atoms with E-state index in [4.69, 9.17) is 10.5 Å². The Kier molecular flexibility index (Phi) is 6.96. The van der Waals surface area contributed by atoms with Gasteiger partial charge in [-0.3, -0.25) is 4.79 Å². The number of ether oxygens (including phenoxy) is 1. The molecule has 0 saturated carbocycles. The number of rotatable bonds is 6. The second-order valence-corrected chi connectivity index (χ2v) is 7.87. The number of aromatic nitrogens is 2. The molecule has 1 aromatic rings. The van der Waals surface area contributed by atoms with Crippen LogP contribution in [-0.2, 0) is 9.53 Å². The molecule has 2 fully saturated rings. The van der Waals surface area contributed by atoms with Crippen molar-refractivity contribution in [3.05, 3.63) is 6.07 Å². The minimum atomic E-state index is -0.238. The number of nitrogens with two attached hydrogens (primary N) is 1. The molecule has 8 heteroatoms. The van der Waals surface area contributed by atoms with Crippen molar-refractivity contribution in [3.8, 4) is 0 Å². The first kappa shape index (κ1) is 19.2. The first-order chi connectivity index (χ1) is 12.7. The quantitative estimate of drug-likeness (QED) is 0.461. The lowest BCUT2D eigenvalue weighted by atomic mass is 10.2. The van der Waals surface area contributed by atoms with Crippen LogP contribution in [0.15, 0.2) is 11.2 Å². The number of nitrogen functional groups attached to an aromatic ring is 1. The van der Waals surface area contributed by atoms with Gasteiger partial charge in [0, 0.05) is 44.6 Å². The Morgan fingerprint density at radius 3 is 2.96 bits per heavy atom. The molecule has 1 amide bonds. The molecule has 3 rings (SSSR count). The van der Waals surface area contributed by atoms with Crippen molar-refractivity contribution < 1.29 is 9.53 Å². The molecule has 0 aliphatic carbocycles. The molecule has 1 atom stereocenters. The summed E-state index contributed by atoms with van der Waals surface area (Å²) in [5, 5.41) is 0.741. The fraction of sp³-hybridized carbons (Fsp3) is 0.722. The summed E-state index contributed by atoms with van der Waals surface area (Å²) in [6.45, 7) is 5.97. The van der Waals surface area contributed by atoms with Crippen LogP contribution >= 0.6 is 11.8 Å². The van der Waals surface area contributed by atoms with E-state index in [1.165, 1.54) is 0 Å². The second-order valence-electron chi connectivity index (χ2n) is 6.80. The summed E-state index contributed by atoms with van der Waals surface area (Å²) in [4.78, 5) is 25.8. The molecular weight excluding hydrogens is 350 g/mol. The van der Waals surface area contributed by atoms with Crippen LogP contribution < -0.4 is 10.6 Å². The van der Waals surface area contributed by atoms with Gasteiger partial charge in [0.05, 0.1) is 0 Å². The third kappa shape index (κ3) is 5.01. The Labute approximate surface area is 159 Å². The topological polar surface area (TPSA) is 84.6 Å². The van der Waals surface area contributed by atoms with Crippen LogP contribution in [0.4, 0.5) is 11.6 Å². The lowest BCUT2D eigenvalue weighted by Gasteiger charge is -2.24. The maximum atomic E-state index is 12.6. The van der Waals surface area contributed by atoms with Gasteiger partial charge in [-0.25, -0.2) is 9.97 Å². The Hall–Kier alpha value is -1.54. The largest absolute Gasteiger partial charge is 0.383 e. The van der Waals surface area contributed by atoms with Crippen molar-refractivity contribution in [2.75, 3.05) is 49.2 Å². The zero-order chi connectivity index (χ0) is 18.4. The SMILES string of the molecule is CCCCSc1nc(N)cc(N2CCCN(C(=O)C3CCCO3)CC2)n1. The summed E-state index contributed by atoms with van der Waals surface area (Å²) in [6, 6.07) is 1.83. The Balaban J connectivity index is 1.62. The molecule has 1 unspecified atom stereocenters. The highest BCUT2D eigenvalue weighted by Gasteiger charge is 2.29. The number of hydrogen-bond donors (Lipinski definition) is 1. The predicted octanol–water partition coefficient (Wildman–Crippen LogP) is 2.17. The Bertz CT molecular complexity index is 609. The number of carbonyl (C=O) groups is 1. The minimum Gasteiger partial charge on any atom is -0.383 e. The van der Waals surface area contributed by atoms with E-state index in [0.717, 1.165) is 68.5 Å². The molecule has 144 valence electrons. The highest BCUT2D eigenvalue weighted by Crippen LogP contribution is 2.23. The maximum absolute atomic E-state index is 12.6. The standard InChI is InChI=1S/C18H29N5O2S/c1-2-3-12-26-18-20-15(19)13-16(21-18)22-7-5-8-23(10-9-22)17(24)14-6-4-11-25-14/h13-14H,2-12H2,1H3,(H2,19,20,21). The van der Waals surface area contributed by atoms with Crippen molar-refractivity contribution in [1.82, 2.24) is 14.9 Å². The highest BCUT2D eigenvalue weighted by atomic mass is 32.2. The van der Waals surface area contributed by atoms with E-state index in [0.29, 0.717) is 19.0 Å². The molecule has 7 nitrogen and oxygen atoms in total. The van der Waals surface area contributed by atoms with Crippen molar-refractivity contribution in [2.24, 2.45) is 0 Å². The van der Waals surface area contributed by atoms with Crippen LogP contribution in [0.25, 0.3) is 0 Å². The van der Waals surface area contributed by atoms with E-state index in [1.54, 1.807) is 11.8 Å². The van der Waals surface area contributed by atoms with Crippen LogP contribution in [0.2, 0.25) is 0 Å². The van der Waals surface area contributed by atoms with Gasteiger partial charge in [-0.1, -0.05) is 25.1 Å². The summed E-state index contributed by atoms with van der Waals surface area (Å²) in [6.07, 6.45) is 4.80. The van der Waals surface area contributed by atoms with Crippen LogP contribution in [0, 0.1) is 0 Å². The van der Waals surface area contributed by atoms with Crippen LogP contribution in [-0.4, -0.2) is 65.4 Å². The molecule has 1 aromatic heterocycles. The normalized spacial score (nSPS) is 21.0. The van der Waals surface area contributed by atoms with Crippen molar-refractivity contribution >= 4 is 29.3 Å². The van der Waals surface area contributed by atoms with Gasteiger partial charge in [-0.15, -0.1) is 0 Å². The second kappa shape index (κ2) is 9.41. The molecule has 2 N–H and O–H groups in total. The number of nitrogens with zero attached hydrogens (tertiary/aromatic N) is 4. The molecular formula is C18H29N5O2S. The number of carbonyl (C=O) groups excluding carboxylic acids is 1. The van der Waals surface area contributed by atoms with E-state index in [2.05, 4.69) is 21.8 Å². The number of hydrogen-bond acceptors (Lipinski definition) is 7. The van der Waals surface area contributed by atoms with Gasteiger partial charge < -0.3 is 20.3 Å². The maximum Gasteiger partial charge on any atom is 0.251 e. The molecule has 2 aliphatic heterocycles. The lowest BCUT2D eigenvalue weighted by Crippen LogP contribution is -2.41. The van der Waals surface area contributed by atoms with E-state index in [-0.39, 0.29) is 12.0 Å². The summed E-state index contributed by atoms with van der Waals surface area (Å²) >= 11 is 1.65. The van der Waals surface area contributed by atoms with E-state index >= 15 is 0 Å². The first-order valence-corrected chi connectivity index (χ1v) is 10.6. The average Bonchev–Trinajstić information content (AvgIpc) is 3.05. The fourth-order valence-corrected chi connectivity index (χ4v) is 4.25. The molecule has 26 heavy (non-hydrogen) atoms. The van der Waals surface area contributed by atoms with Gasteiger partial charge in [-0.2, -0.15) is 0 Å². The summed E-state index contributed by atoms with van der Waals surface area (Å²) in [7, 11) is 0. The molecule has 0 radical (unpaired) electrons. The van der Waals surface area contributed by atoms with Gasteiger partial charge in [0.1, 0.15) is 17.7 Å². The molecule has 2 aliphatic rings. The molecule has 0 spiro atoms. The Morgan fingerprint density at radius 1 is 1.31 bits per heavy atom. The number of anilines is 2. The number of unbranched alkanes of at least 4 members (excludes halogenated alkanes) is 1. The van der Waals surface area contributed by atoms with Gasteiger partial charge in [0.15, 0.2) is 5.16 Å². The zero-order valence-electron chi connectivity index (χ0n) is 15.5. The summed E-state index contributed by atoms with van der Waals surface area (Å²) in [5.41, 5.74) is 6.00. The third-order valence-corrected chi connectivity index (χ3v) is 5.71. The smallest absolute Gasteiger partial charge is 0.251 e. The minimum absolute atomic E-state index is 0.141. The summed E-state index contributed by atoms with van der Waals surface area (Å²) in [5.74, 6) is 2.51. The van der Waals surface area contributed by atoms with E-state index in [1.807, 2.05) is 11.0 Å². The number of amides is 1. The van der Waals surface area contributed by atoms with Crippen LogP contribution in [0.5, 0.6) is 0 Å². The van der Waals surface area contributed by atoms with E-state index in [9.17, 15) is 4.79 Å². The van der Waals surface area contributed by atoms with Gasteiger partial charge in [0.2, 0.25) is 0 Å². The van der Waals surface area contributed by atoms with Crippen molar-refractivity contribution in [1.29, 1.82) is 0 Å². The lowest BCUT2D eigenvalue weighted by molar-refractivity contribution is -0.140. The van der Waals surface area contributed by atoms with Crippen LogP contribution in [0.1, 0.15) is 39.0 Å². The van der Waals surface area contributed by atoms with Gasteiger partial charge in [-0.05, 0) is 25.7 Å². The molecule has 0 aromatic carbocycles. The third-order valence-electron chi connectivity index (χ3n) is 4.78. The first-order valence-electron chi connectivity index (χ1n) is 9.60. The van der Waals surface area contributed by atoms with Crippen molar-refractivity contribution in [2.45, 2.75) is 50.3 Å². The Morgan fingerprint density at radius 2 is 2.19 bits per heavy atom. The molecule has 3 heterocycles. The monoisotopic (exact) mass is 379 g/mol. The fourth-order valence-electron chi connectivity index (χ4n) is 3.31. The zero-order valence-corrected chi connectivity index (χ0v) is 16.3.